The van der Waals surface area contributed by atoms with Crippen molar-refractivity contribution >= 4 is 5.91 Å². The highest BCUT2D eigenvalue weighted by Gasteiger charge is 2.44. The molecule has 104 valence electrons. The van der Waals surface area contributed by atoms with Crippen molar-refractivity contribution in [3.63, 3.8) is 0 Å². The topological polar surface area (TPSA) is 38.8 Å². The summed E-state index contributed by atoms with van der Waals surface area (Å²) < 4.78 is 35.0. The molecule has 2 aliphatic rings. The fourth-order valence-electron chi connectivity index (χ4n) is 2.39. The molecule has 0 saturated carbocycles. The maximum absolute atomic E-state index is 13.1. The van der Waals surface area contributed by atoms with Crippen LogP contribution in [0.25, 0.3) is 0 Å². The average molecular weight is 279 g/mol. The number of nitrogens with zero attached hydrogens (tertiary/aromatic N) is 1. The van der Waals surface area contributed by atoms with E-state index < -0.39 is 6.29 Å². The van der Waals surface area contributed by atoms with Crippen LogP contribution in [0.15, 0.2) is 18.2 Å². The molecular weight excluding hydrogens is 268 g/mol. The van der Waals surface area contributed by atoms with E-state index in [1.165, 1.54) is 6.07 Å². The van der Waals surface area contributed by atoms with Gasteiger partial charge in [-0.2, -0.15) is 0 Å². The Labute approximate surface area is 114 Å². The average Bonchev–Trinajstić information content (AvgIpc) is 2.89. The Morgan fingerprint density at radius 3 is 2.95 bits per heavy atom. The lowest BCUT2D eigenvalue weighted by Crippen LogP contribution is -2.27. The normalized spacial score (nSPS) is 22.9. The number of likely N-dealkylation sites (tertiary alicyclic amines) is 1. The molecule has 2 heterocycles. The van der Waals surface area contributed by atoms with Crippen molar-refractivity contribution in [2.24, 2.45) is 5.92 Å². The number of fused-ring (bicyclic) bond motifs is 1. The Hall–Kier alpha value is -2.29. The Morgan fingerprint density at radius 2 is 2.25 bits per heavy atom. The zero-order chi connectivity index (χ0) is 14.3. The van der Waals surface area contributed by atoms with E-state index in [2.05, 4.69) is 15.4 Å². The van der Waals surface area contributed by atoms with E-state index in [0.717, 1.165) is 0 Å². The largest absolute Gasteiger partial charge is 0.586 e. The van der Waals surface area contributed by atoms with E-state index in [1.807, 2.05) is 0 Å². The van der Waals surface area contributed by atoms with Gasteiger partial charge in [0.05, 0.1) is 0 Å². The molecule has 1 saturated heterocycles. The van der Waals surface area contributed by atoms with Gasteiger partial charge in [-0.05, 0) is 6.07 Å². The Kier molecular flexibility index (Phi) is 2.78. The lowest BCUT2D eigenvalue weighted by atomic mass is 10.1. The summed E-state index contributed by atoms with van der Waals surface area (Å²) in [5.74, 6) is 2.28. The van der Waals surface area contributed by atoms with Gasteiger partial charge in [0.2, 0.25) is 5.91 Å². The molecule has 0 aromatic heterocycles. The highest BCUT2D eigenvalue weighted by molar-refractivity contribution is 5.79. The molecule has 1 amide bonds. The van der Waals surface area contributed by atoms with E-state index in [1.54, 1.807) is 17.0 Å². The van der Waals surface area contributed by atoms with Crippen molar-refractivity contribution in [2.75, 3.05) is 6.54 Å². The molecule has 0 bridgehead atoms. The fraction of sp³-hybridized carbons (Fsp3) is 0.357. The molecule has 1 atom stereocenters. The summed E-state index contributed by atoms with van der Waals surface area (Å²) in [6, 6.07) is 4.61. The molecular formula is C14H11F2NO3. The van der Waals surface area contributed by atoms with Crippen LogP contribution in [0, 0.1) is 18.3 Å². The van der Waals surface area contributed by atoms with Crippen LogP contribution < -0.4 is 9.47 Å². The van der Waals surface area contributed by atoms with Gasteiger partial charge in [-0.3, -0.25) is 4.79 Å². The van der Waals surface area contributed by atoms with E-state index in [0.29, 0.717) is 18.5 Å². The number of benzene rings is 1. The van der Waals surface area contributed by atoms with E-state index in [-0.39, 0.29) is 29.9 Å². The van der Waals surface area contributed by atoms with Gasteiger partial charge in [0.1, 0.15) is 0 Å². The quantitative estimate of drug-likeness (QED) is 0.777. The molecule has 0 aliphatic carbocycles. The Morgan fingerprint density at radius 1 is 1.45 bits per heavy atom. The van der Waals surface area contributed by atoms with Crippen LogP contribution in [-0.2, 0) is 11.3 Å². The van der Waals surface area contributed by atoms with E-state index >= 15 is 0 Å². The summed E-state index contributed by atoms with van der Waals surface area (Å²) in [7, 11) is 0. The van der Waals surface area contributed by atoms with Gasteiger partial charge in [0, 0.05) is 31.0 Å². The van der Waals surface area contributed by atoms with Crippen molar-refractivity contribution in [1.29, 1.82) is 0 Å². The number of hydrogen-bond acceptors (Lipinski definition) is 3. The number of para-hydroxylation sites is 1. The maximum atomic E-state index is 13.1. The molecule has 1 unspecified atom stereocenters. The summed E-state index contributed by atoms with van der Waals surface area (Å²) in [5.41, 5.74) is 0.477. The smallest absolute Gasteiger partial charge is 0.395 e. The van der Waals surface area contributed by atoms with Gasteiger partial charge in [-0.1, -0.05) is 12.1 Å². The minimum Gasteiger partial charge on any atom is -0.395 e. The third-order valence-electron chi connectivity index (χ3n) is 3.32. The number of amides is 1. The van der Waals surface area contributed by atoms with Gasteiger partial charge in [0.25, 0.3) is 0 Å². The van der Waals surface area contributed by atoms with Crippen LogP contribution in [0.4, 0.5) is 8.78 Å². The van der Waals surface area contributed by atoms with Gasteiger partial charge in [-0.25, -0.2) is 0 Å². The van der Waals surface area contributed by atoms with E-state index in [9.17, 15) is 13.6 Å². The first-order chi connectivity index (χ1) is 9.48. The molecule has 20 heavy (non-hydrogen) atoms. The SMILES string of the molecule is C#CC1CC(=O)N(Cc2cccc3c2OC(F)(F)O3)C1. The third kappa shape index (κ3) is 2.16. The van der Waals surface area contributed by atoms with Gasteiger partial charge in [-0.15, -0.1) is 21.1 Å². The molecule has 1 aromatic carbocycles. The van der Waals surface area contributed by atoms with Gasteiger partial charge < -0.3 is 14.4 Å². The molecule has 4 nitrogen and oxygen atoms in total. The van der Waals surface area contributed by atoms with Crippen LogP contribution in [0.5, 0.6) is 11.5 Å². The number of hydrogen-bond donors (Lipinski definition) is 0. The minimum atomic E-state index is -3.66. The van der Waals surface area contributed by atoms with E-state index in [4.69, 9.17) is 6.42 Å². The molecule has 6 heteroatoms. The highest BCUT2D eigenvalue weighted by atomic mass is 19.3. The number of ether oxygens (including phenoxy) is 2. The van der Waals surface area contributed by atoms with Crippen LogP contribution in [0.2, 0.25) is 0 Å². The molecule has 1 aromatic rings. The second-order valence-corrected chi connectivity index (χ2v) is 4.75. The summed E-state index contributed by atoms with van der Waals surface area (Å²) in [6.07, 6.45) is 1.94. The maximum Gasteiger partial charge on any atom is 0.586 e. The molecule has 0 spiro atoms. The summed E-state index contributed by atoms with van der Waals surface area (Å²) in [4.78, 5) is 13.3. The number of terminal acetylenes is 1. The lowest BCUT2D eigenvalue weighted by molar-refractivity contribution is -0.287. The van der Waals surface area contributed by atoms with Crippen molar-refractivity contribution in [2.45, 2.75) is 19.3 Å². The van der Waals surface area contributed by atoms with Crippen molar-refractivity contribution in [1.82, 2.24) is 4.90 Å². The molecule has 0 N–H and O–H groups in total. The number of alkyl halides is 2. The number of rotatable bonds is 2. The number of carbonyl (C=O) groups excluding carboxylic acids is 1. The first kappa shape index (κ1) is 12.7. The second-order valence-electron chi connectivity index (χ2n) is 4.75. The van der Waals surface area contributed by atoms with Gasteiger partial charge >= 0.3 is 6.29 Å². The lowest BCUT2D eigenvalue weighted by Gasteiger charge is -2.17. The van der Waals surface area contributed by atoms with Crippen molar-refractivity contribution in [3.8, 4) is 23.8 Å². The zero-order valence-electron chi connectivity index (χ0n) is 10.4. The monoisotopic (exact) mass is 279 g/mol. The van der Waals surface area contributed by atoms with Gasteiger partial charge in [0.15, 0.2) is 11.5 Å². The third-order valence-corrected chi connectivity index (χ3v) is 3.32. The zero-order valence-corrected chi connectivity index (χ0v) is 10.4. The van der Waals surface area contributed by atoms with Crippen molar-refractivity contribution < 1.29 is 23.0 Å². The van der Waals surface area contributed by atoms with Crippen LogP contribution >= 0.6 is 0 Å². The highest BCUT2D eigenvalue weighted by Crippen LogP contribution is 2.43. The standard InChI is InChI=1S/C14H11F2NO3/c1-2-9-6-12(18)17(7-9)8-10-4-3-5-11-13(10)20-14(15,16)19-11/h1,3-5,9H,6-8H2. The number of halogens is 2. The molecule has 2 aliphatic heterocycles. The Bertz CT molecular complexity index is 609. The predicted molar refractivity (Wildman–Crippen MR) is 65.0 cm³/mol. The predicted octanol–water partition coefficient (Wildman–Crippen LogP) is 1.99. The molecule has 0 radical (unpaired) electrons. The summed E-state index contributed by atoms with van der Waals surface area (Å²) >= 11 is 0. The first-order valence-electron chi connectivity index (χ1n) is 6.10. The van der Waals surface area contributed by atoms with Crippen LogP contribution in [0.1, 0.15) is 12.0 Å². The number of carbonyl (C=O) groups is 1. The second kappa shape index (κ2) is 4.37. The van der Waals surface area contributed by atoms with Crippen molar-refractivity contribution in [3.05, 3.63) is 23.8 Å². The van der Waals surface area contributed by atoms with Crippen LogP contribution in [0.3, 0.4) is 0 Å². The summed E-state index contributed by atoms with van der Waals surface area (Å²) in [5, 5.41) is 0. The first-order valence-corrected chi connectivity index (χ1v) is 6.10. The summed E-state index contributed by atoms with van der Waals surface area (Å²) in [6.45, 7) is 0.607. The molecule has 1 fully saturated rings. The Balaban J connectivity index is 1.82. The fourth-order valence-corrected chi connectivity index (χ4v) is 2.39. The van der Waals surface area contributed by atoms with Crippen LogP contribution in [-0.4, -0.2) is 23.6 Å². The minimum absolute atomic E-state index is 0.0190. The molecule has 3 rings (SSSR count).